The smallest absolute Gasteiger partial charge is 0.407 e. The highest BCUT2D eigenvalue weighted by Crippen LogP contribution is 2.68. The van der Waals surface area contributed by atoms with Gasteiger partial charge in [0.1, 0.15) is 6.10 Å². The summed E-state index contributed by atoms with van der Waals surface area (Å²) >= 11 is 0. The SMILES string of the molecule is CCCCCCCC/C=C\CCCCCCCCNC(=O)O[C@@H]1CC[C@@]2(C)C(CCC3C2CC[C@@]2(C)C3CC[C@@H]2[C@H](C)CCC(=O)OC)C1. The fraction of sp³-hybridized carbons (Fsp3) is 0.909. The number of unbranched alkanes of at least 4 members (excludes halogenated alkanes) is 12. The lowest BCUT2D eigenvalue weighted by atomic mass is 9.44. The summed E-state index contributed by atoms with van der Waals surface area (Å²) in [4.78, 5) is 24.6. The number of allylic oxidation sites excluding steroid dienone is 2. The number of esters is 1. The van der Waals surface area contributed by atoms with Gasteiger partial charge in [0.25, 0.3) is 0 Å². The molecule has 0 bridgehead atoms. The van der Waals surface area contributed by atoms with Crippen LogP contribution < -0.4 is 5.32 Å². The van der Waals surface area contributed by atoms with Crippen LogP contribution in [0.2, 0.25) is 0 Å². The van der Waals surface area contributed by atoms with Crippen LogP contribution in [0.4, 0.5) is 4.79 Å². The molecule has 4 aliphatic carbocycles. The molecule has 5 nitrogen and oxygen atoms in total. The zero-order chi connectivity index (χ0) is 35.1. The first-order valence-corrected chi connectivity index (χ1v) is 21.4. The zero-order valence-electron chi connectivity index (χ0n) is 32.7. The molecular formula is C44H77NO4. The minimum Gasteiger partial charge on any atom is -0.469 e. The normalized spacial score (nSPS) is 33.0. The maximum absolute atomic E-state index is 12.7. The second-order valence-electron chi connectivity index (χ2n) is 17.6. The molecule has 1 amide bonds. The Balaban J connectivity index is 1.07. The predicted octanol–water partition coefficient (Wildman–Crippen LogP) is 12.4. The fourth-order valence-electron chi connectivity index (χ4n) is 11.7. The highest BCUT2D eigenvalue weighted by molar-refractivity contribution is 5.69. The Bertz CT molecular complexity index is 1010. The second-order valence-corrected chi connectivity index (χ2v) is 17.6. The quantitative estimate of drug-likeness (QED) is 0.0743. The van der Waals surface area contributed by atoms with Crippen molar-refractivity contribution in [2.75, 3.05) is 13.7 Å². The Kier molecular flexibility index (Phi) is 16.8. The lowest BCUT2D eigenvalue weighted by Gasteiger charge is -2.61. The number of fused-ring (bicyclic) bond motifs is 5. The van der Waals surface area contributed by atoms with Gasteiger partial charge < -0.3 is 14.8 Å². The highest BCUT2D eigenvalue weighted by atomic mass is 16.6. The van der Waals surface area contributed by atoms with Gasteiger partial charge in [-0.2, -0.15) is 0 Å². The Morgan fingerprint density at radius 2 is 1.41 bits per heavy atom. The summed E-state index contributed by atoms with van der Waals surface area (Å²) in [5, 5.41) is 3.07. The van der Waals surface area contributed by atoms with Crippen molar-refractivity contribution in [2.45, 2.75) is 194 Å². The number of hydrogen-bond acceptors (Lipinski definition) is 4. The first-order chi connectivity index (χ1) is 23.7. The van der Waals surface area contributed by atoms with Crippen molar-refractivity contribution >= 4 is 12.1 Å². The molecule has 4 fully saturated rings. The van der Waals surface area contributed by atoms with Gasteiger partial charge in [0.2, 0.25) is 0 Å². The molecule has 4 unspecified atom stereocenters. The minimum atomic E-state index is -0.193. The van der Waals surface area contributed by atoms with Crippen LogP contribution in [0.25, 0.3) is 0 Å². The third-order valence-corrected chi connectivity index (χ3v) is 14.6. The first kappa shape index (κ1) is 40.3. The number of alkyl carbamates (subject to hydrolysis) is 1. The van der Waals surface area contributed by atoms with Crippen molar-refractivity contribution in [3.8, 4) is 0 Å². The molecule has 9 atom stereocenters. The molecule has 0 aromatic rings. The number of methoxy groups -OCH3 is 1. The molecule has 1 N–H and O–H groups in total. The van der Waals surface area contributed by atoms with Gasteiger partial charge in [-0.3, -0.25) is 4.79 Å². The molecule has 0 saturated heterocycles. The molecule has 0 radical (unpaired) electrons. The van der Waals surface area contributed by atoms with Crippen molar-refractivity contribution in [2.24, 2.45) is 46.3 Å². The third kappa shape index (κ3) is 11.2. The summed E-state index contributed by atoms with van der Waals surface area (Å²) in [5.41, 5.74) is 0.807. The van der Waals surface area contributed by atoms with Crippen LogP contribution in [0.15, 0.2) is 12.2 Å². The largest absolute Gasteiger partial charge is 0.469 e. The number of carbonyl (C=O) groups excluding carboxylic acids is 2. The zero-order valence-corrected chi connectivity index (χ0v) is 32.7. The van der Waals surface area contributed by atoms with E-state index in [-0.39, 0.29) is 18.2 Å². The molecule has 4 rings (SSSR count). The lowest BCUT2D eigenvalue weighted by Crippen LogP contribution is -2.54. The summed E-state index contributed by atoms with van der Waals surface area (Å²) in [7, 11) is 1.51. The Hall–Kier alpha value is -1.52. The Labute approximate surface area is 302 Å². The van der Waals surface area contributed by atoms with E-state index >= 15 is 0 Å². The topological polar surface area (TPSA) is 64.6 Å². The van der Waals surface area contributed by atoms with Crippen molar-refractivity contribution in [1.82, 2.24) is 5.32 Å². The molecule has 0 spiro atoms. The molecule has 5 heteroatoms. The average molecular weight is 684 g/mol. The van der Waals surface area contributed by atoms with Crippen LogP contribution in [0.5, 0.6) is 0 Å². The van der Waals surface area contributed by atoms with E-state index in [9.17, 15) is 9.59 Å². The molecule has 4 aliphatic rings. The van der Waals surface area contributed by atoms with E-state index in [0.717, 1.165) is 55.9 Å². The summed E-state index contributed by atoms with van der Waals surface area (Å²) in [5.74, 6) is 4.41. The predicted molar refractivity (Wildman–Crippen MR) is 203 cm³/mol. The molecule has 0 heterocycles. The number of amides is 1. The maximum Gasteiger partial charge on any atom is 0.407 e. The van der Waals surface area contributed by atoms with Crippen molar-refractivity contribution in [1.29, 1.82) is 0 Å². The van der Waals surface area contributed by atoms with Crippen molar-refractivity contribution < 1.29 is 19.1 Å². The molecule has 0 aliphatic heterocycles. The summed E-state index contributed by atoms with van der Waals surface area (Å²) in [6, 6.07) is 0. The van der Waals surface area contributed by atoms with Crippen LogP contribution in [0.1, 0.15) is 188 Å². The third-order valence-electron chi connectivity index (χ3n) is 14.6. The fourth-order valence-corrected chi connectivity index (χ4v) is 11.7. The van der Waals surface area contributed by atoms with Crippen molar-refractivity contribution in [3.63, 3.8) is 0 Å². The van der Waals surface area contributed by atoms with Gasteiger partial charge in [-0.05, 0) is 143 Å². The lowest BCUT2D eigenvalue weighted by molar-refractivity contribution is -0.141. The summed E-state index contributed by atoms with van der Waals surface area (Å²) < 4.78 is 11.0. The van der Waals surface area contributed by atoms with E-state index in [1.54, 1.807) is 0 Å². The Morgan fingerprint density at radius 1 is 0.776 bits per heavy atom. The number of hydrogen-bond donors (Lipinski definition) is 1. The molecule has 282 valence electrons. The van der Waals surface area contributed by atoms with Crippen LogP contribution in [0.3, 0.4) is 0 Å². The number of nitrogens with one attached hydrogen (secondary N) is 1. The number of ether oxygens (including phenoxy) is 2. The van der Waals surface area contributed by atoms with E-state index in [1.807, 2.05) is 0 Å². The van der Waals surface area contributed by atoms with Crippen LogP contribution in [0, 0.1) is 46.3 Å². The van der Waals surface area contributed by atoms with Gasteiger partial charge in [0, 0.05) is 13.0 Å². The second kappa shape index (κ2) is 20.5. The molecule has 4 saturated carbocycles. The van der Waals surface area contributed by atoms with Gasteiger partial charge in [0.15, 0.2) is 0 Å². The van der Waals surface area contributed by atoms with E-state index in [1.165, 1.54) is 136 Å². The van der Waals surface area contributed by atoms with Gasteiger partial charge >= 0.3 is 12.1 Å². The maximum atomic E-state index is 12.7. The summed E-state index contributed by atoms with van der Waals surface area (Å²) in [6.45, 7) is 10.6. The number of rotatable bonds is 21. The molecule has 0 aromatic heterocycles. The van der Waals surface area contributed by atoms with Gasteiger partial charge in [-0.25, -0.2) is 4.79 Å². The number of carbonyl (C=O) groups is 2. The Morgan fingerprint density at radius 3 is 2.10 bits per heavy atom. The first-order valence-electron chi connectivity index (χ1n) is 21.4. The highest BCUT2D eigenvalue weighted by Gasteiger charge is 2.60. The monoisotopic (exact) mass is 684 g/mol. The molecule has 0 aromatic carbocycles. The van der Waals surface area contributed by atoms with Crippen LogP contribution in [-0.4, -0.2) is 31.8 Å². The molecule has 49 heavy (non-hydrogen) atoms. The minimum absolute atomic E-state index is 0.0627. The van der Waals surface area contributed by atoms with Crippen LogP contribution >= 0.6 is 0 Å². The van der Waals surface area contributed by atoms with E-state index in [4.69, 9.17) is 9.47 Å². The van der Waals surface area contributed by atoms with Gasteiger partial charge in [0.05, 0.1) is 7.11 Å². The van der Waals surface area contributed by atoms with Gasteiger partial charge in [-0.15, -0.1) is 0 Å². The van der Waals surface area contributed by atoms with E-state index in [0.29, 0.717) is 29.1 Å². The van der Waals surface area contributed by atoms with Crippen molar-refractivity contribution in [3.05, 3.63) is 12.2 Å². The summed E-state index contributed by atoms with van der Waals surface area (Å²) in [6.07, 6.45) is 35.7. The standard InChI is InChI=1S/C44H77NO4/c1-6-7-8-9-10-11-12-13-14-15-16-17-18-19-20-21-32-45-42(47)49-36-28-30-43(3)35(33-36)23-24-37-39-26-25-38(34(2)22-27-41(46)48-5)44(39,4)31-29-40(37)43/h13-14,34-40H,6-12,15-33H2,1-5H3,(H,45,47)/b14-13-/t34-,35?,36-,37?,38-,39?,40?,43+,44-/m1/s1. The van der Waals surface area contributed by atoms with Gasteiger partial charge in [-0.1, -0.05) is 97.6 Å². The molecular weight excluding hydrogens is 606 g/mol. The van der Waals surface area contributed by atoms with Crippen LogP contribution in [-0.2, 0) is 14.3 Å². The average Bonchev–Trinajstić information content (AvgIpc) is 3.45. The van der Waals surface area contributed by atoms with E-state index in [2.05, 4.69) is 45.2 Å². The van der Waals surface area contributed by atoms with E-state index < -0.39 is 0 Å².